The molecule has 82 valence electrons. The number of carboxylic acids is 2. The van der Waals surface area contributed by atoms with Gasteiger partial charge in [-0.25, -0.2) is 4.79 Å². The second-order valence-corrected chi connectivity index (χ2v) is 3.84. The molecule has 0 aromatic carbocycles. The van der Waals surface area contributed by atoms with E-state index in [4.69, 9.17) is 10.2 Å². The average molecular weight is 204 g/mol. The molecule has 0 bridgehead atoms. The van der Waals surface area contributed by atoms with Gasteiger partial charge in [0.15, 0.2) is 5.60 Å². The van der Waals surface area contributed by atoms with Crippen molar-refractivity contribution in [1.29, 1.82) is 0 Å². The summed E-state index contributed by atoms with van der Waals surface area (Å²) in [5.74, 6) is -2.55. The molecule has 0 saturated heterocycles. The molecule has 14 heavy (non-hydrogen) atoms. The van der Waals surface area contributed by atoms with E-state index in [0.29, 0.717) is 6.42 Å². The fourth-order valence-corrected chi connectivity index (χ4v) is 1.05. The molecule has 1 unspecified atom stereocenters. The normalized spacial score (nSPS) is 15.1. The van der Waals surface area contributed by atoms with Gasteiger partial charge in [-0.2, -0.15) is 0 Å². The van der Waals surface area contributed by atoms with Gasteiger partial charge < -0.3 is 15.3 Å². The lowest BCUT2D eigenvalue weighted by Gasteiger charge is -2.22. The minimum absolute atomic E-state index is 0.0354. The van der Waals surface area contributed by atoms with Gasteiger partial charge in [-0.15, -0.1) is 0 Å². The molecule has 0 fully saturated rings. The Kier molecular flexibility index (Phi) is 4.56. The van der Waals surface area contributed by atoms with Crippen LogP contribution in [0.5, 0.6) is 0 Å². The first-order valence-electron chi connectivity index (χ1n) is 4.45. The van der Waals surface area contributed by atoms with Crippen molar-refractivity contribution in [2.24, 2.45) is 5.92 Å². The summed E-state index contributed by atoms with van der Waals surface area (Å²) in [6.45, 7) is 3.76. The van der Waals surface area contributed by atoms with Crippen molar-refractivity contribution < 1.29 is 24.9 Å². The van der Waals surface area contributed by atoms with Gasteiger partial charge >= 0.3 is 11.9 Å². The van der Waals surface area contributed by atoms with E-state index in [-0.39, 0.29) is 12.3 Å². The third-order valence-electron chi connectivity index (χ3n) is 1.98. The Morgan fingerprint density at radius 1 is 1.29 bits per heavy atom. The Morgan fingerprint density at radius 2 is 1.79 bits per heavy atom. The van der Waals surface area contributed by atoms with Crippen LogP contribution in [0.2, 0.25) is 0 Å². The maximum Gasteiger partial charge on any atom is 0.336 e. The van der Waals surface area contributed by atoms with E-state index < -0.39 is 24.0 Å². The highest BCUT2D eigenvalue weighted by Gasteiger charge is 2.38. The monoisotopic (exact) mass is 204 g/mol. The van der Waals surface area contributed by atoms with E-state index in [1.54, 1.807) is 0 Å². The van der Waals surface area contributed by atoms with Crippen molar-refractivity contribution in [2.75, 3.05) is 0 Å². The molecule has 5 heteroatoms. The highest BCUT2D eigenvalue weighted by Crippen LogP contribution is 2.20. The van der Waals surface area contributed by atoms with Gasteiger partial charge in [0.05, 0.1) is 6.42 Å². The molecular formula is C9H16O5. The predicted octanol–water partition coefficient (Wildman–Crippen LogP) is 0.713. The Hall–Kier alpha value is -1.10. The highest BCUT2D eigenvalue weighted by molar-refractivity contribution is 5.83. The lowest BCUT2D eigenvalue weighted by atomic mass is 9.91. The second-order valence-electron chi connectivity index (χ2n) is 3.84. The van der Waals surface area contributed by atoms with Gasteiger partial charge in [0.2, 0.25) is 0 Å². The van der Waals surface area contributed by atoms with Gasteiger partial charge in [0.1, 0.15) is 0 Å². The molecular weight excluding hydrogens is 188 g/mol. The topological polar surface area (TPSA) is 94.8 Å². The maximum atomic E-state index is 10.7. The van der Waals surface area contributed by atoms with Gasteiger partial charge in [0.25, 0.3) is 0 Å². The summed E-state index contributed by atoms with van der Waals surface area (Å²) in [5, 5.41) is 26.6. The van der Waals surface area contributed by atoms with Crippen LogP contribution in [0.1, 0.15) is 33.1 Å². The molecule has 0 aromatic heterocycles. The van der Waals surface area contributed by atoms with E-state index in [0.717, 1.165) is 0 Å². The van der Waals surface area contributed by atoms with Crippen LogP contribution in [0.4, 0.5) is 0 Å². The van der Waals surface area contributed by atoms with E-state index >= 15 is 0 Å². The molecule has 3 N–H and O–H groups in total. The van der Waals surface area contributed by atoms with Crippen molar-refractivity contribution in [3.8, 4) is 0 Å². The fourth-order valence-electron chi connectivity index (χ4n) is 1.05. The average Bonchev–Trinajstić information content (AvgIpc) is 1.99. The standard InChI is InChI=1S/C9H16O5/c1-6(2)3-4-9(14,8(12)13)5-7(10)11/h6,14H,3-5H2,1-2H3,(H,10,11)(H,12,13). The number of rotatable bonds is 6. The van der Waals surface area contributed by atoms with Gasteiger partial charge in [-0.05, 0) is 18.8 Å². The summed E-state index contributed by atoms with van der Waals surface area (Å²) in [6, 6.07) is 0. The quantitative estimate of drug-likeness (QED) is 0.592. The molecule has 0 aliphatic rings. The smallest absolute Gasteiger partial charge is 0.336 e. The Morgan fingerprint density at radius 3 is 2.07 bits per heavy atom. The summed E-state index contributed by atoms with van der Waals surface area (Å²) in [6.07, 6.45) is -0.308. The fraction of sp³-hybridized carbons (Fsp3) is 0.778. The van der Waals surface area contributed by atoms with Crippen LogP contribution in [-0.2, 0) is 9.59 Å². The highest BCUT2D eigenvalue weighted by atomic mass is 16.4. The molecule has 0 spiro atoms. The summed E-state index contributed by atoms with van der Waals surface area (Å²) in [4.78, 5) is 21.0. The summed E-state index contributed by atoms with van der Waals surface area (Å²) < 4.78 is 0. The number of aliphatic hydroxyl groups is 1. The molecule has 0 aliphatic heterocycles. The van der Waals surface area contributed by atoms with E-state index in [9.17, 15) is 14.7 Å². The second kappa shape index (κ2) is 4.95. The van der Waals surface area contributed by atoms with Crippen molar-refractivity contribution in [3.05, 3.63) is 0 Å². The van der Waals surface area contributed by atoms with Gasteiger partial charge in [-0.1, -0.05) is 13.8 Å². The first-order valence-corrected chi connectivity index (χ1v) is 4.45. The molecule has 5 nitrogen and oxygen atoms in total. The molecule has 0 heterocycles. The zero-order chi connectivity index (χ0) is 11.4. The summed E-state index contributed by atoms with van der Waals surface area (Å²) in [5.41, 5.74) is -2.13. The SMILES string of the molecule is CC(C)CCC(O)(CC(=O)O)C(=O)O. The van der Waals surface area contributed by atoms with Gasteiger partial charge in [0, 0.05) is 0 Å². The maximum absolute atomic E-state index is 10.7. The number of carboxylic acid groups (broad SMARTS) is 2. The van der Waals surface area contributed by atoms with Crippen molar-refractivity contribution in [3.63, 3.8) is 0 Å². The van der Waals surface area contributed by atoms with Crippen LogP contribution in [0.15, 0.2) is 0 Å². The Bertz CT molecular complexity index is 223. The molecule has 0 amide bonds. The lowest BCUT2D eigenvalue weighted by molar-refractivity contribution is -0.166. The first kappa shape index (κ1) is 12.9. The third-order valence-corrected chi connectivity index (χ3v) is 1.98. The summed E-state index contributed by atoms with van der Waals surface area (Å²) in [7, 11) is 0. The predicted molar refractivity (Wildman–Crippen MR) is 48.9 cm³/mol. The van der Waals surface area contributed by atoms with Crippen LogP contribution in [0.25, 0.3) is 0 Å². The minimum atomic E-state index is -2.13. The van der Waals surface area contributed by atoms with E-state index in [1.165, 1.54) is 0 Å². The minimum Gasteiger partial charge on any atom is -0.481 e. The molecule has 0 rings (SSSR count). The summed E-state index contributed by atoms with van der Waals surface area (Å²) >= 11 is 0. The van der Waals surface area contributed by atoms with Crippen LogP contribution in [0.3, 0.4) is 0 Å². The third kappa shape index (κ3) is 4.23. The van der Waals surface area contributed by atoms with Crippen LogP contribution in [0, 0.1) is 5.92 Å². The Labute approximate surface area is 82.4 Å². The molecule has 0 aliphatic carbocycles. The number of hydrogen-bond donors (Lipinski definition) is 3. The van der Waals surface area contributed by atoms with Crippen molar-refractivity contribution in [2.45, 2.75) is 38.7 Å². The number of hydrogen-bond acceptors (Lipinski definition) is 3. The van der Waals surface area contributed by atoms with E-state index in [2.05, 4.69) is 0 Å². The van der Waals surface area contributed by atoms with E-state index in [1.807, 2.05) is 13.8 Å². The van der Waals surface area contributed by atoms with Crippen LogP contribution in [-0.4, -0.2) is 32.9 Å². The van der Waals surface area contributed by atoms with Crippen LogP contribution >= 0.6 is 0 Å². The van der Waals surface area contributed by atoms with Crippen molar-refractivity contribution in [1.82, 2.24) is 0 Å². The Balaban J connectivity index is 4.39. The number of aliphatic carboxylic acids is 2. The largest absolute Gasteiger partial charge is 0.481 e. The molecule has 1 atom stereocenters. The molecule has 0 aromatic rings. The first-order chi connectivity index (χ1) is 6.28. The molecule has 0 saturated carbocycles. The zero-order valence-corrected chi connectivity index (χ0v) is 8.36. The van der Waals surface area contributed by atoms with Crippen LogP contribution < -0.4 is 0 Å². The molecule has 0 radical (unpaired) electrons. The van der Waals surface area contributed by atoms with Gasteiger partial charge in [-0.3, -0.25) is 4.79 Å². The van der Waals surface area contributed by atoms with Crippen molar-refractivity contribution >= 4 is 11.9 Å². The lowest BCUT2D eigenvalue weighted by Crippen LogP contribution is -2.40. The zero-order valence-electron chi connectivity index (χ0n) is 8.36. The number of carbonyl (C=O) groups is 2.